The minimum atomic E-state index is -5.24. The van der Waals surface area contributed by atoms with Crippen LogP contribution in [0.1, 0.15) is 12.5 Å². The third kappa shape index (κ3) is 4.74. The van der Waals surface area contributed by atoms with Crippen LogP contribution in [-0.2, 0) is 29.2 Å². The fourth-order valence-electron chi connectivity index (χ4n) is 3.14. The maximum atomic E-state index is 16.9. The normalized spacial score (nSPS) is 13.5. The first-order valence-corrected chi connectivity index (χ1v) is 12.8. The number of rotatable bonds is 8. The van der Waals surface area contributed by atoms with E-state index in [0.717, 1.165) is 37.3 Å². The molecule has 6 nitrogen and oxygen atoms in total. The molecule has 0 fully saturated rings. The Morgan fingerprint density at radius 3 is 1.58 bits per heavy atom. The minimum Gasteiger partial charge on any atom is -0.452 e. The zero-order valence-corrected chi connectivity index (χ0v) is 19.2. The van der Waals surface area contributed by atoms with Crippen LogP contribution in [0.3, 0.4) is 0 Å². The number of esters is 1. The number of sulfone groups is 2. The van der Waals surface area contributed by atoms with E-state index in [1.165, 1.54) is 42.5 Å². The van der Waals surface area contributed by atoms with Crippen LogP contribution in [0.4, 0.5) is 4.39 Å². The monoisotopic (exact) mass is 488 g/mol. The van der Waals surface area contributed by atoms with Crippen LogP contribution < -0.4 is 0 Å². The maximum absolute atomic E-state index is 16.9. The zero-order chi connectivity index (χ0) is 24.1. The Labute approximate surface area is 192 Å². The van der Waals surface area contributed by atoms with Gasteiger partial charge in [0, 0.05) is 6.92 Å². The quantitative estimate of drug-likeness (QED) is 0.441. The molecule has 9 heteroatoms. The third-order valence-electron chi connectivity index (χ3n) is 4.74. The van der Waals surface area contributed by atoms with Gasteiger partial charge in [-0.2, -0.15) is 0 Å². The van der Waals surface area contributed by atoms with Crippen LogP contribution >= 0.6 is 0 Å². The Kier molecular flexibility index (Phi) is 7.14. The van der Waals surface area contributed by atoms with Crippen LogP contribution in [0.25, 0.3) is 6.08 Å². The molecule has 3 rings (SSSR count). The Bertz CT molecular complexity index is 1270. The highest BCUT2D eigenvalue weighted by Crippen LogP contribution is 2.41. The number of ether oxygens (including phenoxy) is 1. The lowest BCUT2D eigenvalue weighted by atomic mass is 10.2. The molecule has 3 aromatic rings. The van der Waals surface area contributed by atoms with E-state index < -0.39 is 45.9 Å². The summed E-state index contributed by atoms with van der Waals surface area (Å²) in [6.45, 7) is 0.939. The number of hydrogen-bond acceptors (Lipinski definition) is 6. The lowest BCUT2D eigenvalue weighted by Crippen LogP contribution is -2.52. The number of carbonyl (C=O) groups excluding carboxylic acids is 1. The fraction of sp³-hybridized carbons (Fsp3) is 0.125. The molecule has 0 radical (unpaired) electrons. The topological polar surface area (TPSA) is 94.6 Å². The second-order valence-corrected chi connectivity index (χ2v) is 11.4. The molecule has 0 bridgehead atoms. The van der Waals surface area contributed by atoms with Crippen molar-refractivity contribution < 1.29 is 30.8 Å². The standard InChI is InChI=1S/C24H21FO6S2/c1-19(26)31-23(18-17-20-11-5-2-6-12-20)24(25,32(27,28)21-13-7-3-8-14-21)33(29,30)22-15-9-4-10-16-22/h2-18,23H,1H3/b18-17-/t23-/m0/s1. The van der Waals surface area contributed by atoms with E-state index in [9.17, 15) is 21.6 Å². The van der Waals surface area contributed by atoms with E-state index in [1.807, 2.05) is 0 Å². The van der Waals surface area contributed by atoms with Gasteiger partial charge in [-0.1, -0.05) is 72.8 Å². The molecule has 0 aliphatic heterocycles. The van der Waals surface area contributed by atoms with Crippen molar-refractivity contribution in [2.45, 2.75) is 27.2 Å². The average molecular weight is 489 g/mol. The van der Waals surface area contributed by atoms with E-state index >= 15 is 4.39 Å². The van der Waals surface area contributed by atoms with Crippen molar-refractivity contribution in [1.82, 2.24) is 0 Å². The first kappa shape index (κ1) is 24.3. The summed E-state index contributed by atoms with van der Waals surface area (Å²) in [4.78, 5) is 10.7. The summed E-state index contributed by atoms with van der Waals surface area (Å²) in [7, 11) is -10.5. The van der Waals surface area contributed by atoms with E-state index in [4.69, 9.17) is 4.74 Å². The van der Waals surface area contributed by atoms with Crippen molar-refractivity contribution in [1.29, 1.82) is 0 Å². The van der Waals surface area contributed by atoms with Gasteiger partial charge in [0.15, 0.2) is 6.10 Å². The minimum absolute atomic E-state index is 0.520. The van der Waals surface area contributed by atoms with E-state index in [0.29, 0.717) is 5.56 Å². The average Bonchev–Trinajstić information content (AvgIpc) is 2.82. The second-order valence-electron chi connectivity index (χ2n) is 7.02. The zero-order valence-electron chi connectivity index (χ0n) is 17.5. The van der Waals surface area contributed by atoms with Crippen LogP contribution in [0.5, 0.6) is 0 Å². The molecule has 0 aliphatic carbocycles. The molecule has 0 saturated carbocycles. The SMILES string of the molecule is CC(=O)O[C@@H](/C=C\c1ccccc1)C(F)(S(=O)(=O)c1ccccc1)S(=O)(=O)c1ccccc1. The fourth-order valence-corrected chi connectivity index (χ4v) is 7.41. The highest BCUT2D eigenvalue weighted by molar-refractivity contribution is 8.10. The van der Waals surface area contributed by atoms with Gasteiger partial charge in [-0.15, -0.1) is 0 Å². The molecule has 0 spiro atoms. The lowest BCUT2D eigenvalue weighted by Gasteiger charge is -2.30. The van der Waals surface area contributed by atoms with Crippen molar-refractivity contribution in [3.8, 4) is 0 Å². The van der Waals surface area contributed by atoms with Crippen LogP contribution in [-0.4, -0.2) is 33.2 Å². The molecule has 0 aliphatic rings. The van der Waals surface area contributed by atoms with Crippen LogP contribution in [0.2, 0.25) is 0 Å². The molecule has 0 N–H and O–H groups in total. The van der Waals surface area contributed by atoms with Crippen molar-refractivity contribution in [3.05, 3.63) is 103 Å². The maximum Gasteiger partial charge on any atom is 0.357 e. The molecule has 3 aromatic carbocycles. The van der Waals surface area contributed by atoms with Crippen LogP contribution in [0.15, 0.2) is 107 Å². The summed E-state index contributed by atoms with van der Waals surface area (Å²) < 4.78 is 72.0. The van der Waals surface area contributed by atoms with Crippen molar-refractivity contribution >= 4 is 31.7 Å². The summed E-state index contributed by atoms with van der Waals surface area (Å²) in [5.41, 5.74) is 0.520. The molecule has 1 atom stereocenters. The highest BCUT2D eigenvalue weighted by atomic mass is 32.3. The highest BCUT2D eigenvalue weighted by Gasteiger charge is 2.63. The number of alkyl halides is 1. The largest absolute Gasteiger partial charge is 0.452 e. The predicted octanol–water partition coefficient (Wildman–Crippen LogP) is 4.20. The van der Waals surface area contributed by atoms with E-state index in [-0.39, 0.29) is 0 Å². The van der Waals surface area contributed by atoms with Gasteiger partial charge < -0.3 is 4.74 Å². The number of carbonyl (C=O) groups is 1. The Morgan fingerprint density at radius 1 is 0.788 bits per heavy atom. The van der Waals surface area contributed by atoms with Gasteiger partial charge in [0.05, 0.1) is 9.79 Å². The van der Waals surface area contributed by atoms with Gasteiger partial charge in [-0.05, 0) is 35.9 Å². The van der Waals surface area contributed by atoms with Crippen molar-refractivity contribution in [3.63, 3.8) is 0 Å². The number of benzene rings is 3. The third-order valence-corrected chi connectivity index (χ3v) is 9.77. The van der Waals surface area contributed by atoms with Crippen molar-refractivity contribution in [2.75, 3.05) is 0 Å². The molecule has 0 amide bonds. The summed E-state index contributed by atoms with van der Waals surface area (Å²) >= 11 is 0. The van der Waals surface area contributed by atoms with Gasteiger partial charge in [0.2, 0.25) is 19.7 Å². The van der Waals surface area contributed by atoms with Gasteiger partial charge in [-0.25, -0.2) is 21.2 Å². The lowest BCUT2D eigenvalue weighted by molar-refractivity contribution is -0.146. The van der Waals surface area contributed by atoms with Gasteiger partial charge in [0.1, 0.15) is 0 Å². The van der Waals surface area contributed by atoms with Gasteiger partial charge in [-0.3, -0.25) is 4.79 Å². The molecule has 0 saturated heterocycles. The smallest absolute Gasteiger partial charge is 0.357 e. The Balaban J connectivity index is 2.30. The molecular weight excluding hydrogens is 467 g/mol. The van der Waals surface area contributed by atoms with Crippen molar-refractivity contribution in [2.24, 2.45) is 0 Å². The molecular formula is C24H21FO6S2. The molecule has 172 valence electrons. The molecule has 0 unspecified atom stereocenters. The first-order valence-electron chi connectivity index (χ1n) is 9.79. The first-order chi connectivity index (χ1) is 15.6. The summed E-state index contributed by atoms with van der Waals surface area (Å²) in [6, 6.07) is 21.1. The van der Waals surface area contributed by atoms with E-state index in [2.05, 4.69) is 0 Å². The Morgan fingerprint density at radius 2 is 1.18 bits per heavy atom. The predicted molar refractivity (Wildman–Crippen MR) is 122 cm³/mol. The van der Waals surface area contributed by atoms with Crippen LogP contribution in [0, 0.1) is 0 Å². The summed E-state index contributed by atoms with van der Waals surface area (Å²) in [5.74, 6) is -1.05. The van der Waals surface area contributed by atoms with Gasteiger partial charge in [0.25, 0.3) is 0 Å². The number of halogens is 1. The Hall–Kier alpha value is -3.30. The molecule has 0 heterocycles. The summed E-state index contributed by atoms with van der Waals surface area (Å²) in [6.07, 6.45) is -0.0775. The van der Waals surface area contributed by atoms with Gasteiger partial charge >= 0.3 is 10.3 Å². The second kappa shape index (κ2) is 9.68. The molecule has 0 aromatic heterocycles. The van der Waals surface area contributed by atoms with E-state index in [1.54, 1.807) is 30.3 Å². The summed E-state index contributed by atoms with van der Waals surface area (Å²) in [5, 5.41) is 0. The molecule has 33 heavy (non-hydrogen) atoms. The number of hydrogen-bond donors (Lipinski definition) is 0.